The number of nitrogens with zero attached hydrogens (tertiary/aromatic N) is 2. The molecule has 0 spiro atoms. The van der Waals surface area contributed by atoms with Crippen molar-refractivity contribution in [2.24, 2.45) is 10.2 Å². The number of aromatic nitrogens is 1. The molecule has 2 aromatic carbocycles. The Labute approximate surface area is 146 Å². The van der Waals surface area contributed by atoms with Crippen LogP contribution >= 0.6 is 11.3 Å². The predicted molar refractivity (Wildman–Crippen MR) is 96.2 cm³/mol. The summed E-state index contributed by atoms with van der Waals surface area (Å²) >= 11 is 1.48. The molecule has 0 unspecified atom stereocenters. The molecule has 0 bridgehead atoms. The summed E-state index contributed by atoms with van der Waals surface area (Å²) in [5, 5.41) is 12.0. The van der Waals surface area contributed by atoms with E-state index in [1.54, 1.807) is 5.51 Å². The normalized spacial score (nSPS) is 15.4. The number of nitrogens with two attached hydrogens (primary N) is 1. The Balaban J connectivity index is 1.69. The number of fused-ring (bicyclic) bond motifs is 3. The van der Waals surface area contributed by atoms with Crippen LogP contribution < -0.4 is 15.9 Å². The Morgan fingerprint density at radius 3 is 2.64 bits per heavy atom. The van der Waals surface area contributed by atoms with Crippen LogP contribution in [0.5, 0.6) is 0 Å². The van der Waals surface area contributed by atoms with Crippen molar-refractivity contribution >= 4 is 54.6 Å². The zero-order valence-electron chi connectivity index (χ0n) is 12.6. The molecule has 4 N–H and O–H groups in total. The second-order valence-corrected chi connectivity index (χ2v) is 7.73. The van der Waals surface area contributed by atoms with Crippen LogP contribution in [-0.4, -0.2) is 25.0 Å². The summed E-state index contributed by atoms with van der Waals surface area (Å²) in [4.78, 5) is 16.5. The first kappa shape index (κ1) is 15.7. The number of rotatable bonds is 3. The summed E-state index contributed by atoms with van der Waals surface area (Å²) in [6, 6.07) is 9.46. The molecule has 0 saturated carbocycles. The molecule has 1 amide bonds. The molecule has 0 atom stereocenters. The van der Waals surface area contributed by atoms with E-state index in [4.69, 9.17) is 5.14 Å². The second-order valence-electron chi connectivity index (χ2n) is 5.28. The van der Waals surface area contributed by atoms with Gasteiger partial charge in [0.25, 0.3) is 5.91 Å². The van der Waals surface area contributed by atoms with E-state index in [-0.39, 0.29) is 16.5 Å². The Hall–Kier alpha value is -2.82. The SMILES string of the molecule is NS(=O)(=O)c1ccc(N/N=C2\C(=O)Nc3ccc4scnc4c32)cc1. The molecule has 10 heteroatoms. The molecule has 0 fully saturated rings. The van der Waals surface area contributed by atoms with Crippen LogP contribution in [0.15, 0.2) is 51.9 Å². The van der Waals surface area contributed by atoms with Crippen molar-refractivity contribution in [3.8, 4) is 0 Å². The number of hydrogen-bond donors (Lipinski definition) is 3. The Morgan fingerprint density at radius 2 is 1.92 bits per heavy atom. The van der Waals surface area contributed by atoms with Gasteiger partial charge in [-0.15, -0.1) is 11.3 Å². The largest absolute Gasteiger partial charge is 0.320 e. The van der Waals surface area contributed by atoms with Gasteiger partial charge < -0.3 is 5.32 Å². The number of amides is 1. The van der Waals surface area contributed by atoms with E-state index in [0.717, 1.165) is 4.70 Å². The summed E-state index contributed by atoms with van der Waals surface area (Å²) in [6.45, 7) is 0. The molecule has 3 aromatic rings. The predicted octanol–water partition coefficient (Wildman–Crippen LogP) is 1.71. The number of anilines is 2. The maximum atomic E-state index is 12.2. The molecule has 1 aromatic heterocycles. The van der Waals surface area contributed by atoms with Crippen molar-refractivity contribution in [3.05, 3.63) is 47.5 Å². The number of hydrogen-bond acceptors (Lipinski definition) is 7. The van der Waals surface area contributed by atoms with Crippen LogP contribution in [0.2, 0.25) is 0 Å². The highest BCUT2D eigenvalue weighted by molar-refractivity contribution is 7.89. The molecule has 126 valence electrons. The van der Waals surface area contributed by atoms with E-state index in [1.165, 1.54) is 35.6 Å². The van der Waals surface area contributed by atoms with Crippen LogP contribution in [0.25, 0.3) is 10.2 Å². The van der Waals surface area contributed by atoms with Crippen molar-refractivity contribution in [1.29, 1.82) is 0 Å². The van der Waals surface area contributed by atoms with Gasteiger partial charge in [-0.3, -0.25) is 10.2 Å². The number of hydrazone groups is 1. The van der Waals surface area contributed by atoms with E-state index in [9.17, 15) is 13.2 Å². The smallest absolute Gasteiger partial charge is 0.276 e. The number of sulfonamides is 1. The van der Waals surface area contributed by atoms with E-state index < -0.39 is 10.0 Å². The standard InChI is InChI=1S/C15H11N5O3S2/c16-25(22,23)9-3-1-8(2-4-9)19-20-14-12-10(18-15(14)21)5-6-11-13(12)17-7-24-11/h1-7,19H,(H2,16,22,23)(H,18,20,21). The highest BCUT2D eigenvalue weighted by atomic mass is 32.2. The summed E-state index contributed by atoms with van der Waals surface area (Å²) in [5.41, 5.74) is 7.24. The Bertz CT molecular complexity index is 1130. The number of benzene rings is 2. The van der Waals surface area contributed by atoms with E-state index >= 15 is 0 Å². The van der Waals surface area contributed by atoms with Crippen LogP contribution in [0.3, 0.4) is 0 Å². The van der Waals surface area contributed by atoms with Crippen LogP contribution in [0, 0.1) is 0 Å². The van der Waals surface area contributed by atoms with Gasteiger partial charge >= 0.3 is 0 Å². The Morgan fingerprint density at radius 1 is 1.16 bits per heavy atom. The minimum atomic E-state index is -3.75. The van der Waals surface area contributed by atoms with Gasteiger partial charge in [-0.2, -0.15) is 5.10 Å². The van der Waals surface area contributed by atoms with Gasteiger partial charge in [-0.25, -0.2) is 18.5 Å². The van der Waals surface area contributed by atoms with E-state index in [2.05, 4.69) is 20.8 Å². The second kappa shape index (κ2) is 5.62. The van der Waals surface area contributed by atoms with Gasteiger partial charge in [0.1, 0.15) is 0 Å². The van der Waals surface area contributed by atoms with Gasteiger partial charge in [-0.05, 0) is 36.4 Å². The van der Waals surface area contributed by atoms with Crippen LogP contribution in [0.4, 0.5) is 11.4 Å². The van der Waals surface area contributed by atoms with E-state index in [1.807, 2.05) is 12.1 Å². The summed E-state index contributed by atoms with van der Waals surface area (Å²) in [6.07, 6.45) is 0. The van der Waals surface area contributed by atoms with Crippen molar-refractivity contribution in [2.45, 2.75) is 4.90 Å². The number of carbonyl (C=O) groups is 1. The number of thiazole rings is 1. The number of nitrogens with one attached hydrogen (secondary N) is 2. The lowest BCUT2D eigenvalue weighted by molar-refractivity contribution is -0.110. The Kier molecular flexibility index (Phi) is 3.53. The first-order valence-corrected chi connectivity index (χ1v) is 9.50. The quantitative estimate of drug-likeness (QED) is 0.603. The lowest BCUT2D eigenvalue weighted by Gasteiger charge is -2.03. The first-order chi connectivity index (χ1) is 11.9. The maximum Gasteiger partial charge on any atom is 0.276 e. The molecule has 8 nitrogen and oxygen atoms in total. The highest BCUT2D eigenvalue weighted by Crippen LogP contribution is 2.32. The van der Waals surface area contributed by atoms with Gasteiger partial charge in [0.15, 0.2) is 5.71 Å². The van der Waals surface area contributed by atoms with Crippen molar-refractivity contribution in [1.82, 2.24) is 4.98 Å². The number of primary sulfonamides is 1. The van der Waals surface area contributed by atoms with E-state index in [0.29, 0.717) is 22.5 Å². The van der Waals surface area contributed by atoms with Crippen LogP contribution in [0.1, 0.15) is 5.56 Å². The third-order valence-corrected chi connectivity index (χ3v) is 5.41. The van der Waals surface area contributed by atoms with Crippen molar-refractivity contribution in [2.75, 3.05) is 10.7 Å². The van der Waals surface area contributed by atoms with Crippen molar-refractivity contribution in [3.63, 3.8) is 0 Å². The van der Waals surface area contributed by atoms with Crippen molar-refractivity contribution < 1.29 is 13.2 Å². The molecule has 0 radical (unpaired) electrons. The molecule has 2 heterocycles. The third kappa shape index (κ3) is 2.76. The number of carbonyl (C=O) groups excluding carboxylic acids is 1. The zero-order chi connectivity index (χ0) is 17.6. The maximum absolute atomic E-state index is 12.2. The highest BCUT2D eigenvalue weighted by Gasteiger charge is 2.29. The summed E-state index contributed by atoms with van der Waals surface area (Å²) in [7, 11) is -3.75. The summed E-state index contributed by atoms with van der Waals surface area (Å²) in [5.74, 6) is -0.329. The minimum Gasteiger partial charge on any atom is -0.320 e. The molecule has 0 aliphatic carbocycles. The average molecular weight is 373 g/mol. The van der Waals surface area contributed by atoms with Gasteiger partial charge in [0.2, 0.25) is 10.0 Å². The summed E-state index contributed by atoms with van der Waals surface area (Å²) < 4.78 is 23.5. The minimum absolute atomic E-state index is 0.00107. The average Bonchev–Trinajstić information content (AvgIpc) is 3.15. The molecule has 0 saturated heterocycles. The molecular formula is C15H11N5O3S2. The lowest BCUT2D eigenvalue weighted by Crippen LogP contribution is -2.16. The fraction of sp³-hybridized carbons (Fsp3) is 0. The van der Waals surface area contributed by atoms with Gasteiger partial charge in [0, 0.05) is 0 Å². The zero-order valence-corrected chi connectivity index (χ0v) is 14.2. The molecule has 4 rings (SSSR count). The fourth-order valence-electron chi connectivity index (χ4n) is 2.52. The lowest BCUT2D eigenvalue weighted by atomic mass is 10.1. The van der Waals surface area contributed by atoms with Gasteiger partial charge in [0.05, 0.1) is 37.6 Å². The van der Waals surface area contributed by atoms with Crippen LogP contribution in [-0.2, 0) is 14.8 Å². The fourth-order valence-corrected chi connectivity index (χ4v) is 3.72. The first-order valence-electron chi connectivity index (χ1n) is 7.08. The molecular weight excluding hydrogens is 362 g/mol. The van der Waals surface area contributed by atoms with Gasteiger partial charge in [-0.1, -0.05) is 0 Å². The molecule has 1 aliphatic heterocycles. The molecule has 1 aliphatic rings. The topological polar surface area (TPSA) is 127 Å². The molecule has 25 heavy (non-hydrogen) atoms. The monoisotopic (exact) mass is 373 g/mol. The third-order valence-electron chi connectivity index (χ3n) is 3.68.